The minimum absolute atomic E-state index is 0.0494. The van der Waals surface area contributed by atoms with Gasteiger partial charge in [0, 0.05) is 5.41 Å². The van der Waals surface area contributed by atoms with E-state index >= 15 is 0 Å². The molecule has 0 aromatic carbocycles. The fraction of sp³-hybridized carbons (Fsp3) is 0.867. The van der Waals surface area contributed by atoms with E-state index in [9.17, 15) is 9.59 Å². The minimum atomic E-state index is -0.587. The van der Waals surface area contributed by atoms with Crippen molar-refractivity contribution in [2.75, 3.05) is 13.1 Å². The number of hydrogen-bond acceptors (Lipinski definition) is 4. The predicted octanol–water partition coefficient (Wildman–Crippen LogP) is 3.17. The smallest absolute Gasteiger partial charge is 0.429 e. The molecule has 1 spiro atoms. The summed E-state index contributed by atoms with van der Waals surface area (Å²) in [7, 11) is 0. The van der Waals surface area contributed by atoms with Crippen molar-refractivity contribution in [2.24, 2.45) is 5.41 Å². The van der Waals surface area contributed by atoms with Gasteiger partial charge in [0.2, 0.25) is 0 Å². The number of ether oxygens (including phenoxy) is 2. The van der Waals surface area contributed by atoms with Gasteiger partial charge in [-0.2, -0.15) is 0 Å². The lowest BCUT2D eigenvalue weighted by molar-refractivity contribution is -0.0428. The number of rotatable bonds is 0. The maximum absolute atomic E-state index is 12.3. The topological polar surface area (TPSA) is 59.1 Å². The van der Waals surface area contributed by atoms with Gasteiger partial charge in [-0.15, -0.1) is 0 Å². The maximum atomic E-state index is 12.3. The third kappa shape index (κ3) is 4.02. The Kier molecular flexibility index (Phi) is 3.62. The number of nitrogens with zero attached hydrogens (tertiary/aromatic N) is 2. The summed E-state index contributed by atoms with van der Waals surface area (Å²) in [5.74, 6) is 0. The molecular formula is C15H26N2O4. The lowest BCUT2D eigenvalue weighted by Crippen LogP contribution is -2.48. The highest BCUT2D eigenvalue weighted by Crippen LogP contribution is 2.51. The van der Waals surface area contributed by atoms with Gasteiger partial charge in [0.1, 0.15) is 11.2 Å². The summed E-state index contributed by atoms with van der Waals surface area (Å²) in [6, 6.07) is 0. The first-order chi connectivity index (χ1) is 9.41. The SMILES string of the molecule is CC(C)(C)OC(=O)N1CC2(CC2)CN1C(=O)OC(C)(C)C. The molecule has 1 aliphatic heterocycles. The predicted molar refractivity (Wildman–Crippen MR) is 77.5 cm³/mol. The standard InChI is InChI=1S/C15H26N2O4/c1-13(2,3)20-11(18)16-9-15(7-8-15)10-17(16)12(19)21-14(4,5)6/h7-10H2,1-6H3. The van der Waals surface area contributed by atoms with E-state index in [2.05, 4.69) is 0 Å². The zero-order valence-corrected chi connectivity index (χ0v) is 13.9. The first-order valence-corrected chi connectivity index (χ1v) is 7.42. The highest BCUT2D eigenvalue weighted by molar-refractivity contribution is 5.75. The van der Waals surface area contributed by atoms with Crippen molar-refractivity contribution >= 4 is 12.2 Å². The van der Waals surface area contributed by atoms with Crippen LogP contribution in [-0.2, 0) is 9.47 Å². The molecule has 0 unspecified atom stereocenters. The molecule has 2 amide bonds. The Balaban J connectivity index is 2.10. The van der Waals surface area contributed by atoms with Crippen molar-refractivity contribution in [1.29, 1.82) is 0 Å². The summed E-state index contributed by atoms with van der Waals surface area (Å²) in [6.45, 7) is 11.9. The minimum Gasteiger partial charge on any atom is -0.442 e. The Labute approximate surface area is 126 Å². The molecular weight excluding hydrogens is 272 g/mol. The first kappa shape index (κ1) is 15.9. The van der Waals surface area contributed by atoms with E-state index in [4.69, 9.17) is 9.47 Å². The van der Waals surface area contributed by atoms with Crippen LogP contribution in [0.2, 0.25) is 0 Å². The van der Waals surface area contributed by atoms with E-state index in [0.717, 1.165) is 12.8 Å². The van der Waals surface area contributed by atoms with Gasteiger partial charge in [-0.1, -0.05) is 0 Å². The van der Waals surface area contributed by atoms with Crippen molar-refractivity contribution < 1.29 is 19.1 Å². The Morgan fingerprint density at radius 1 is 0.810 bits per heavy atom. The van der Waals surface area contributed by atoms with Crippen LogP contribution in [0, 0.1) is 5.41 Å². The molecule has 21 heavy (non-hydrogen) atoms. The fourth-order valence-electron chi connectivity index (χ4n) is 2.30. The summed E-state index contributed by atoms with van der Waals surface area (Å²) in [6.07, 6.45) is 1.09. The van der Waals surface area contributed by atoms with Crippen LogP contribution in [0.15, 0.2) is 0 Å². The summed E-state index contributed by atoms with van der Waals surface area (Å²) in [5.41, 5.74) is -1.13. The van der Waals surface area contributed by atoms with Crippen LogP contribution in [0.25, 0.3) is 0 Å². The van der Waals surface area contributed by atoms with Gasteiger partial charge in [-0.3, -0.25) is 0 Å². The van der Waals surface area contributed by atoms with E-state index in [1.54, 1.807) is 0 Å². The Hall–Kier alpha value is -1.46. The lowest BCUT2D eigenvalue weighted by atomic mass is 10.1. The maximum Gasteiger partial charge on any atom is 0.429 e. The normalized spacial score (nSPS) is 20.7. The number of carbonyl (C=O) groups is 2. The zero-order chi connectivity index (χ0) is 16.1. The van der Waals surface area contributed by atoms with Crippen LogP contribution in [0.4, 0.5) is 9.59 Å². The van der Waals surface area contributed by atoms with Crippen LogP contribution in [-0.4, -0.2) is 46.5 Å². The number of amides is 2. The molecule has 2 aliphatic rings. The summed E-state index contributed by atoms with van der Waals surface area (Å²) >= 11 is 0. The van der Waals surface area contributed by atoms with Gasteiger partial charge in [0.15, 0.2) is 0 Å². The lowest BCUT2D eigenvalue weighted by Gasteiger charge is -2.31. The van der Waals surface area contributed by atoms with Gasteiger partial charge in [-0.25, -0.2) is 19.6 Å². The molecule has 0 aromatic heterocycles. The van der Waals surface area contributed by atoms with Gasteiger partial charge < -0.3 is 9.47 Å². The van der Waals surface area contributed by atoms with Gasteiger partial charge in [-0.05, 0) is 54.4 Å². The average Bonchev–Trinajstić information content (AvgIpc) is 2.84. The van der Waals surface area contributed by atoms with Crippen molar-refractivity contribution in [2.45, 2.75) is 65.6 Å². The number of hydrogen-bond donors (Lipinski definition) is 0. The Morgan fingerprint density at radius 3 is 1.38 bits per heavy atom. The second kappa shape index (κ2) is 4.78. The second-order valence-corrected chi connectivity index (χ2v) is 8.08. The van der Waals surface area contributed by atoms with Gasteiger partial charge >= 0.3 is 12.2 Å². The van der Waals surface area contributed by atoms with Gasteiger partial charge in [0.25, 0.3) is 0 Å². The molecule has 0 aromatic rings. The zero-order valence-electron chi connectivity index (χ0n) is 13.9. The van der Waals surface area contributed by atoms with Crippen LogP contribution >= 0.6 is 0 Å². The second-order valence-electron chi connectivity index (χ2n) is 8.08. The summed E-state index contributed by atoms with van der Waals surface area (Å²) in [5, 5.41) is 2.79. The summed E-state index contributed by atoms with van der Waals surface area (Å²) in [4.78, 5) is 24.6. The highest BCUT2D eigenvalue weighted by Gasteiger charge is 2.55. The molecule has 1 saturated heterocycles. The highest BCUT2D eigenvalue weighted by atomic mass is 16.6. The van der Waals surface area contributed by atoms with E-state index in [1.165, 1.54) is 10.0 Å². The van der Waals surface area contributed by atoms with Gasteiger partial charge in [0.05, 0.1) is 13.1 Å². The van der Waals surface area contributed by atoms with E-state index in [1.807, 2.05) is 41.5 Å². The molecule has 2 fully saturated rings. The number of hydrazine groups is 1. The molecule has 0 bridgehead atoms. The fourth-order valence-corrected chi connectivity index (χ4v) is 2.30. The molecule has 2 rings (SSSR count). The third-order valence-corrected chi connectivity index (χ3v) is 3.43. The van der Waals surface area contributed by atoms with Crippen molar-refractivity contribution in [1.82, 2.24) is 10.0 Å². The molecule has 120 valence electrons. The molecule has 0 radical (unpaired) electrons. The average molecular weight is 298 g/mol. The monoisotopic (exact) mass is 298 g/mol. The molecule has 1 heterocycles. The van der Waals surface area contributed by atoms with E-state index < -0.39 is 23.4 Å². The van der Waals surface area contributed by atoms with Crippen LogP contribution < -0.4 is 0 Å². The Bertz CT molecular complexity index is 406. The van der Waals surface area contributed by atoms with Crippen LogP contribution in [0.5, 0.6) is 0 Å². The Morgan fingerprint density at radius 2 is 1.14 bits per heavy atom. The molecule has 6 heteroatoms. The first-order valence-electron chi connectivity index (χ1n) is 7.42. The third-order valence-electron chi connectivity index (χ3n) is 3.43. The molecule has 0 N–H and O–H groups in total. The van der Waals surface area contributed by atoms with Crippen molar-refractivity contribution in [3.63, 3.8) is 0 Å². The van der Waals surface area contributed by atoms with Crippen molar-refractivity contribution in [3.8, 4) is 0 Å². The van der Waals surface area contributed by atoms with Crippen LogP contribution in [0.1, 0.15) is 54.4 Å². The molecule has 1 saturated carbocycles. The largest absolute Gasteiger partial charge is 0.442 e. The van der Waals surface area contributed by atoms with Crippen molar-refractivity contribution in [3.05, 3.63) is 0 Å². The summed E-state index contributed by atoms with van der Waals surface area (Å²) < 4.78 is 10.8. The van der Waals surface area contributed by atoms with Crippen LogP contribution in [0.3, 0.4) is 0 Å². The number of carbonyl (C=O) groups excluding carboxylic acids is 2. The molecule has 6 nitrogen and oxygen atoms in total. The van der Waals surface area contributed by atoms with E-state index in [-0.39, 0.29) is 5.41 Å². The molecule has 0 atom stereocenters. The quantitative estimate of drug-likeness (QED) is 0.689. The molecule has 1 aliphatic carbocycles. The van der Waals surface area contributed by atoms with E-state index in [0.29, 0.717) is 13.1 Å².